The van der Waals surface area contributed by atoms with Crippen LogP contribution in [0.1, 0.15) is 23.4 Å². The van der Waals surface area contributed by atoms with Gasteiger partial charge in [-0.3, -0.25) is 4.79 Å². The quantitative estimate of drug-likeness (QED) is 0.667. The lowest BCUT2D eigenvalue weighted by Crippen LogP contribution is -2.45. The molecule has 0 saturated carbocycles. The van der Waals surface area contributed by atoms with Gasteiger partial charge in [0, 0.05) is 6.54 Å². The molecule has 154 valence electrons. The summed E-state index contributed by atoms with van der Waals surface area (Å²) in [6, 6.07) is 14.5. The average Bonchev–Trinajstić information content (AvgIpc) is 3.35. The fourth-order valence-corrected chi connectivity index (χ4v) is 4.50. The molecule has 1 fully saturated rings. The Bertz CT molecular complexity index is 1090. The molecule has 30 heavy (non-hydrogen) atoms. The van der Waals surface area contributed by atoms with Gasteiger partial charge < -0.3 is 14.2 Å². The first kappa shape index (κ1) is 19.0. The highest BCUT2D eigenvalue weighted by Gasteiger charge is 2.44. The molecule has 1 aromatic heterocycles. The second-order valence-corrected chi connectivity index (χ2v) is 8.29. The van der Waals surface area contributed by atoms with Gasteiger partial charge in [-0.15, -0.1) is 0 Å². The van der Waals surface area contributed by atoms with Crippen LogP contribution in [0.15, 0.2) is 54.7 Å². The molecule has 0 aliphatic carbocycles. The molecule has 2 aliphatic heterocycles. The molecule has 0 N–H and O–H groups in total. The first-order valence-corrected chi connectivity index (χ1v) is 10.3. The van der Waals surface area contributed by atoms with E-state index in [0.717, 1.165) is 34.6 Å². The van der Waals surface area contributed by atoms with E-state index >= 15 is 0 Å². The topological polar surface area (TPSA) is 47.4 Å². The summed E-state index contributed by atoms with van der Waals surface area (Å²) in [6.45, 7) is 4.37. The van der Waals surface area contributed by atoms with Gasteiger partial charge in [-0.05, 0) is 54.3 Å². The van der Waals surface area contributed by atoms with Crippen molar-refractivity contribution >= 4 is 5.91 Å². The third kappa shape index (κ3) is 3.41. The average molecular weight is 405 g/mol. The van der Waals surface area contributed by atoms with E-state index in [4.69, 9.17) is 4.74 Å². The second-order valence-electron chi connectivity index (χ2n) is 8.29. The van der Waals surface area contributed by atoms with Crippen LogP contribution in [-0.4, -0.2) is 39.0 Å². The van der Waals surface area contributed by atoms with Gasteiger partial charge in [0.1, 0.15) is 23.8 Å². The zero-order valence-electron chi connectivity index (χ0n) is 17.0. The summed E-state index contributed by atoms with van der Waals surface area (Å²) in [5.41, 5.74) is 3.70. The molecule has 3 heterocycles. The Kier molecular flexibility index (Phi) is 4.66. The van der Waals surface area contributed by atoms with Gasteiger partial charge in [0.25, 0.3) is 0 Å². The maximum atomic E-state index is 13.3. The van der Waals surface area contributed by atoms with E-state index < -0.39 is 5.60 Å². The van der Waals surface area contributed by atoms with Crippen molar-refractivity contribution in [1.29, 1.82) is 0 Å². The summed E-state index contributed by atoms with van der Waals surface area (Å²) in [7, 11) is 0. The smallest absolute Gasteiger partial charge is 0.227 e. The molecule has 0 radical (unpaired) electrons. The van der Waals surface area contributed by atoms with E-state index in [0.29, 0.717) is 32.7 Å². The number of rotatable bonds is 3. The zero-order chi connectivity index (χ0) is 20.7. The van der Waals surface area contributed by atoms with Crippen molar-refractivity contribution in [1.82, 2.24) is 14.5 Å². The van der Waals surface area contributed by atoms with Crippen molar-refractivity contribution in [3.63, 3.8) is 0 Å². The Labute approximate surface area is 175 Å². The molecule has 1 spiro atoms. The van der Waals surface area contributed by atoms with Crippen molar-refractivity contribution in [3.05, 3.63) is 77.5 Å². The molecule has 2 aliphatic rings. The molecule has 5 nitrogen and oxygen atoms in total. The van der Waals surface area contributed by atoms with Crippen molar-refractivity contribution in [2.24, 2.45) is 0 Å². The highest BCUT2D eigenvalue weighted by molar-refractivity contribution is 5.79. The molecular formula is C24H24FN3O2. The largest absolute Gasteiger partial charge is 0.363 e. The number of likely N-dealkylation sites (tertiary alicyclic amines) is 1. The number of nitrogens with zero attached hydrogens (tertiary/aromatic N) is 3. The molecule has 1 amide bonds. The number of fused-ring (bicyclic) bond motifs is 1. The lowest BCUT2D eigenvalue weighted by molar-refractivity contribution is -0.132. The monoisotopic (exact) mass is 405 g/mol. The van der Waals surface area contributed by atoms with Crippen LogP contribution in [0.3, 0.4) is 0 Å². The van der Waals surface area contributed by atoms with Crippen LogP contribution >= 0.6 is 0 Å². The number of aromatic nitrogens is 2. The van der Waals surface area contributed by atoms with Crippen LogP contribution in [0, 0.1) is 12.7 Å². The first-order valence-electron chi connectivity index (χ1n) is 10.3. The fraction of sp³-hybridized carbons (Fsp3) is 0.333. The number of hydrogen-bond acceptors (Lipinski definition) is 3. The fourth-order valence-electron chi connectivity index (χ4n) is 4.50. The molecule has 5 rings (SSSR count). The number of carbonyl (C=O) groups is 1. The number of carbonyl (C=O) groups excluding carboxylic acids is 1. The van der Waals surface area contributed by atoms with Gasteiger partial charge in [-0.25, -0.2) is 9.37 Å². The van der Waals surface area contributed by atoms with E-state index in [1.165, 1.54) is 12.1 Å². The number of hydrogen-bond donors (Lipinski definition) is 0. The number of halogens is 1. The maximum absolute atomic E-state index is 13.3. The highest BCUT2D eigenvalue weighted by Crippen LogP contribution is 2.35. The molecular weight excluding hydrogens is 381 g/mol. The van der Waals surface area contributed by atoms with Crippen LogP contribution in [0.5, 0.6) is 0 Å². The van der Waals surface area contributed by atoms with E-state index in [9.17, 15) is 9.18 Å². The van der Waals surface area contributed by atoms with E-state index in [-0.39, 0.29) is 11.7 Å². The summed E-state index contributed by atoms with van der Waals surface area (Å²) >= 11 is 0. The minimum Gasteiger partial charge on any atom is -0.363 e. The van der Waals surface area contributed by atoms with Gasteiger partial charge in [0.15, 0.2) is 0 Å². The Morgan fingerprint density at radius 2 is 1.97 bits per heavy atom. The number of ether oxygens (including phenoxy) is 1. The molecule has 0 unspecified atom stereocenters. The third-order valence-electron chi connectivity index (χ3n) is 6.30. The number of imidazole rings is 1. The SMILES string of the molecule is Cc1ccccc1CC(=O)N1CC[C@]2(C1)Cn1c(-c3ccc(F)cc3)cnc1CO2. The molecule has 3 aromatic rings. The minimum absolute atomic E-state index is 0.139. The Balaban J connectivity index is 1.33. The Morgan fingerprint density at radius 1 is 1.17 bits per heavy atom. The van der Waals surface area contributed by atoms with E-state index in [1.54, 1.807) is 12.1 Å². The van der Waals surface area contributed by atoms with Gasteiger partial charge in [0.05, 0.1) is 31.4 Å². The van der Waals surface area contributed by atoms with Crippen LogP contribution in [0.2, 0.25) is 0 Å². The lowest BCUT2D eigenvalue weighted by atomic mass is 10.0. The van der Waals surface area contributed by atoms with Crippen molar-refractivity contribution in [3.8, 4) is 11.3 Å². The van der Waals surface area contributed by atoms with E-state index in [1.807, 2.05) is 42.3 Å². The molecule has 0 bridgehead atoms. The van der Waals surface area contributed by atoms with Crippen molar-refractivity contribution < 1.29 is 13.9 Å². The number of benzene rings is 2. The molecule has 6 heteroatoms. The summed E-state index contributed by atoms with van der Waals surface area (Å²) in [6.07, 6.45) is 3.04. The Hall–Kier alpha value is -2.99. The van der Waals surface area contributed by atoms with Crippen LogP contribution in [-0.2, 0) is 29.1 Å². The molecule has 1 atom stereocenters. The summed E-state index contributed by atoms with van der Waals surface area (Å²) in [5, 5.41) is 0. The highest BCUT2D eigenvalue weighted by atomic mass is 19.1. The number of aryl methyl sites for hydroxylation is 1. The Morgan fingerprint density at radius 3 is 2.77 bits per heavy atom. The summed E-state index contributed by atoms with van der Waals surface area (Å²) < 4.78 is 21.7. The second kappa shape index (κ2) is 7.36. The maximum Gasteiger partial charge on any atom is 0.227 e. The van der Waals surface area contributed by atoms with Gasteiger partial charge in [-0.1, -0.05) is 24.3 Å². The van der Waals surface area contributed by atoms with Crippen molar-refractivity contribution in [2.75, 3.05) is 13.1 Å². The molecule has 2 aromatic carbocycles. The standard InChI is InChI=1S/C24H24FN3O2/c1-17-4-2-3-5-19(17)12-23(29)27-11-10-24(15-27)16-28-21(13-26-22(28)14-30-24)18-6-8-20(25)9-7-18/h2-9,13H,10-12,14-16H2,1H3/t24-/m0/s1. The van der Waals surface area contributed by atoms with Crippen LogP contribution < -0.4 is 0 Å². The van der Waals surface area contributed by atoms with Crippen molar-refractivity contribution in [2.45, 2.75) is 38.5 Å². The predicted molar refractivity (Wildman–Crippen MR) is 111 cm³/mol. The number of amides is 1. The lowest BCUT2D eigenvalue weighted by Gasteiger charge is -2.35. The molecule has 1 saturated heterocycles. The van der Waals surface area contributed by atoms with Crippen LogP contribution in [0.4, 0.5) is 4.39 Å². The summed E-state index contributed by atoms with van der Waals surface area (Å²) in [5.74, 6) is 0.750. The predicted octanol–water partition coefficient (Wildman–Crippen LogP) is 3.74. The van der Waals surface area contributed by atoms with Gasteiger partial charge >= 0.3 is 0 Å². The third-order valence-corrected chi connectivity index (χ3v) is 6.30. The zero-order valence-corrected chi connectivity index (χ0v) is 17.0. The van der Waals surface area contributed by atoms with Gasteiger partial charge in [0.2, 0.25) is 5.91 Å². The summed E-state index contributed by atoms with van der Waals surface area (Å²) in [4.78, 5) is 19.3. The minimum atomic E-state index is -0.399. The van der Waals surface area contributed by atoms with Gasteiger partial charge in [-0.2, -0.15) is 0 Å². The van der Waals surface area contributed by atoms with E-state index in [2.05, 4.69) is 9.55 Å². The normalized spacial score (nSPS) is 20.5. The van der Waals surface area contributed by atoms with Crippen LogP contribution in [0.25, 0.3) is 11.3 Å². The first-order chi connectivity index (χ1) is 14.5.